The third-order valence-corrected chi connectivity index (χ3v) is 3.78. The fraction of sp³-hybridized carbons (Fsp3) is 0.562. The lowest BCUT2D eigenvalue weighted by Gasteiger charge is -2.40. The third-order valence-electron chi connectivity index (χ3n) is 3.78. The Bertz CT molecular complexity index is 442. The summed E-state index contributed by atoms with van der Waals surface area (Å²) in [5.41, 5.74) is 7.05. The summed E-state index contributed by atoms with van der Waals surface area (Å²) < 4.78 is 0. The minimum Gasteiger partial charge on any atom is -0.337 e. The number of hydrogen-bond acceptors (Lipinski definition) is 3. The minimum atomic E-state index is -0.0583. The zero-order valence-corrected chi connectivity index (χ0v) is 14.9. The summed E-state index contributed by atoms with van der Waals surface area (Å²) >= 11 is 0. The average molecular weight is 348 g/mol. The Balaban J connectivity index is 0.00000220. The van der Waals surface area contributed by atoms with Crippen molar-refractivity contribution in [1.82, 2.24) is 9.80 Å². The summed E-state index contributed by atoms with van der Waals surface area (Å²) in [5, 5.41) is 0. The van der Waals surface area contributed by atoms with Gasteiger partial charge in [-0.25, -0.2) is 0 Å². The molecule has 0 aliphatic carbocycles. The van der Waals surface area contributed by atoms with Gasteiger partial charge in [0.15, 0.2) is 0 Å². The molecule has 0 aromatic heterocycles. The molecule has 1 saturated heterocycles. The number of amides is 1. The molecule has 1 amide bonds. The number of nitrogens with two attached hydrogens (primary N) is 1. The molecule has 1 heterocycles. The fourth-order valence-corrected chi connectivity index (χ4v) is 2.78. The Morgan fingerprint density at radius 3 is 2.45 bits per heavy atom. The third kappa shape index (κ3) is 6.13. The maximum atomic E-state index is 12.1. The maximum Gasteiger partial charge on any atom is 0.224 e. The van der Waals surface area contributed by atoms with E-state index in [0.29, 0.717) is 6.42 Å². The van der Waals surface area contributed by atoms with Crippen molar-refractivity contribution in [3.05, 3.63) is 35.9 Å². The molecule has 1 aliphatic rings. The van der Waals surface area contributed by atoms with E-state index in [0.717, 1.165) is 26.2 Å². The first kappa shape index (κ1) is 21.2. The van der Waals surface area contributed by atoms with Crippen LogP contribution < -0.4 is 5.73 Å². The molecule has 2 rings (SSSR count). The molecule has 1 aromatic rings. The Labute approximate surface area is 145 Å². The van der Waals surface area contributed by atoms with Gasteiger partial charge in [0.1, 0.15) is 0 Å². The summed E-state index contributed by atoms with van der Waals surface area (Å²) in [6, 6.07) is 10.7. The number of halogens is 2. The maximum absolute atomic E-state index is 12.1. The van der Waals surface area contributed by atoms with Crippen molar-refractivity contribution in [3.8, 4) is 0 Å². The van der Waals surface area contributed by atoms with Crippen LogP contribution in [-0.4, -0.2) is 47.4 Å². The van der Waals surface area contributed by atoms with Crippen molar-refractivity contribution in [2.24, 2.45) is 5.73 Å². The smallest absolute Gasteiger partial charge is 0.224 e. The van der Waals surface area contributed by atoms with E-state index < -0.39 is 0 Å². The van der Waals surface area contributed by atoms with E-state index >= 15 is 0 Å². The monoisotopic (exact) mass is 347 g/mol. The van der Waals surface area contributed by atoms with Crippen molar-refractivity contribution in [1.29, 1.82) is 0 Å². The second kappa shape index (κ2) is 10.1. The quantitative estimate of drug-likeness (QED) is 0.908. The summed E-state index contributed by atoms with van der Waals surface area (Å²) in [7, 11) is 0. The van der Waals surface area contributed by atoms with Gasteiger partial charge in [-0.05, 0) is 19.4 Å². The van der Waals surface area contributed by atoms with Gasteiger partial charge in [0.2, 0.25) is 5.91 Å². The van der Waals surface area contributed by atoms with Gasteiger partial charge in [0, 0.05) is 44.7 Å². The Hall–Kier alpha value is -0.810. The molecule has 126 valence electrons. The summed E-state index contributed by atoms with van der Waals surface area (Å²) in [5.74, 6) is 0.187. The van der Waals surface area contributed by atoms with E-state index in [1.165, 1.54) is 5.56 Å². The molecule has 0 radical (unpaired) electrons. The molecular formula is C16H27Cl2N3O. The molecule has 0 bridgehead atoms. The van der Waals surface area contributed by atoms with Crippen LogP contribution in [0.3, 0.4) is 0 Å². The summed E-state index contributed by atoms with van der Waals surface area (Å²) in [4.78, 5) is 16.5. The van der Waals surface area contributed by atoms with E-state index in [9.17, 15) is 4.79 Å². The lowest BCUT2D eigenvalue weighted by atomic mass is 10.1. The van der Waals surface area contributed by atoms with Crippen LogP contribution in [0.15, 0.2) is 30.3 Å². The van der Waals surface area contributed by atoms with Gasteiger partial charge in [-0.2, -0.15) is 0 Å². The van der Waals surface area contributed by atoms with Crippen molar-refractivity contribution in [2.75, 3.05) is 19.6 Å². The van der Waals surface area contributed by atoms with Crippen molar-refractivity contribution >= 4 is 30.7 Å². The first-order valence-corrected chi connectivity index (χ1v) is 7.37. The molecule has 1 aliphatic heterocycles. The van der Waals surface area contributed by atoms with E-state index in [1.807, 2.05) is 17.9 Å². The predicted octanol–water partition coefficient (Wildman–Crippen LogP) is 2.30. The first-order chi connectivity index (χ1) is 9.56. The number of rotatable bonds is 4. The van der Waals surface area contributed by atoms with Crippen LogP contribution >= 0.6 is 24.8 Å². The molecule has 0 spiro atoms. The number of hydrogen-bond donors (Lipinski definition) is 1. The van der Waals surface area contributed by atoms with Gasteiger partial charge in [-0.3, -0.25) is 9.69 Å². The molecule has 4 nitrogen and oxygen atoms in total. The number of nitrogens with zero attached hydrogens (tertiary/aromatic N) is 2. The van der Waals surface area contributed by atoms with E-state index in [-0.39, 0.29) is 42.8 Å². The van der Waals surface area contributed by atoms with Crippen LogP contribution in [0.4, 0.5) is 0 Å². The van der Waals surface area contributed by atoms with E-state index in [1.54, 1.807) is 0 Å². The van der Waals surface area contributed by atoms with Gasteiger partial charge in [0.25, 0.3) is 0 Å². The molecule has 1 fully saturated rings. The number of piperazine rings is 1. The SMILES string of the molecule is CC(N)CC(=O)N1CCN(Cc2ccccc2)C[C@H]1C.Cl.Cl. The number of carbonyl (C=O) groups is 1. The zero-order valence-electron chi connectivity index (χ0n) is 13.3. The van der Waals surface area contributed by atoms with E-state index in [2.05, 4.69) is 36.1 Å². The van der Waals surface area contributed by atoms with Crippen LogP contribution in [0.5, 0.6) is 0 Å². The zero-order chi connectivity index (χ0) is 14.5. The molecule has 2 atom stereocenters. The van der Waals surface area contributed by atoms with Crippen LogP contribution in [-0.2, 0) is 11.3 Å². The molecule has 22 heavy (non-hydrogen) atoms. The second-order valence-electron chi connectivity index (χ2n) is 5.84. The standard InChI is InChI=1S/C16H25N3O.2ClH/c1-13(17)10-16(20)19-9-8-18(11-14(19)2)12-15-6-4-3-5-7-15;;/h3-7,13-14H,8-12,17H2,1-2H3;2*1H/t13?,14-;;/m1../s1. The highest BCUT2D eigenvalue weighted by molar-refractivity contribution is 5.85. The number of carbonyl (C=O) groups excluding carboxylic acids is 1. The molecule has 1 unspecified atom stereocenters. The van der Waals surface area contributed by atoms with Crippen LogP contribution in [0.25, 0.3) is 0 Å². The molecule has 2 N–H and O–H groups in total. The lowest BCUT2D eigenvalue weighted by Crippen LogP contribution is -2.54. The van der Waals surface area contributed by atoms with Gasteiger partial charge < -0.3 is 10.6 Å². The normalized spacial score (nSPS) is 19.8. The molecule has 0 saturated carbocycles. The highest BCUT2D eigenvalue weighted by atomic mass is 35.5. The van der Waals surface area contributed by atoms with Gasteiger partial charge in [-0.1, -0.05) is 30.3 Å². The Kier molecular flexibility index (Phi) is 9.69. The molecular weight excluding hydrogens is 321 g/mol. The fourth-order valence-electron chi connectivity index (χ4n) is 2.78. The van der Waals surface area contributed by atoms with Gasteiger partial charge in [-0.15, -0.1) is 24.8 Å². The summed E-state index contributed by atoms with van der Waals surface area (Å²) in [6.45, 7) is 7.63. The summed E-state index contributed by atoms with van der Waals surface area (Å²) in [6.07, 6.45) is 0.447. The largest absolute Gasteiger partial charge is 0.337 e. The van der Waals surface area contributed by atoms with Crippen molar-refractivity contribution in [2.45, 2.75) is 38.9 Å². The van der Waals surface area contributed by atoms with E-state index in [4.69, 9.17) is 5.73 Å². The Morgan fingerprint density at radius 2 is 1.91 bits per heavy atom. The average Bonchev–Trinajstić information content (AvgIpc) is 2.39. The predicted molar refractivity (Wildman–Crippen MR) is 95.7 cm³/mol. The van der Waals surface area contributed by atoms with Crippen molar-refractivity contribution < 1.29 is 4.79 Å². The second-order valence-corrected chi connectivity index (χ2v) is 5.84. The topological polar surface area (TPSA) is 49.6 Å². The first-order valence-electron chi connectivity index (χ1n) is 7.37. The highest BCUT2D eigenvalue weighted by Gasteiger charge is 2.27. The molecule has 1 aromatic carbocycles. The molecule has 6 heteroatoms. The number of benzene rings is 1. The minimum absolute atomic E-state index is 0. The van der Waals surface area contributed by atoms with Gasteiger partial charge in [0.05, 0.1) is 0 Å². The van der Waals surface area contributed by atoms with Crippen LogP contribution in [0, 0.1) is 0 Å². The van der Waals surface area contributed by atoms with Crippen LogP contribution in [0.2, 0.25) is 0 Å². The van der Waals surface area contributed by atoms with Crippen molar-refractivity contribution in [3.63, 3.8) is 0 Å². The van der Waals surface area contributed by atoms with Crippen LogP contribution in [0.1, 0.15) is 25.8 Å². The van der Waals surface area contributed by atoms with Gasteiger partial charge >= 0.3 is 0 Å². The highest BCUT2D eigenvalue weighted by Crippen LogP contribution is 2.14. The lowest BCUT2D eigenvalue weighted by molar-refractivity contribution is -0.136. The Morgan fingerprint density at radius 1 is 1.27 bits per heavy atom.